The third-order valence-electron chi connectivity index (χ3n) is 3.34. The Labute approximate surface area is 98.7 Å². The number of H-pyrrole nitrogens is 1. The third-order valence-corrected chi connectivity index (χ3v) is 3.76. The minimum absolute atomic E-state index is 0.529. The van der Waals surface area contributed by atoms with E-state index in [1.54, 1.807) is 6.33 Å². The fraction of sp³-hybridized carbons (Fsp3) is 0.545. The van der Waals surface area contributed by atoms with Crippen LogP contribution in [0.4, 0.5) is 0 Å². The van der Waals surface area contributed by atoms with Crippen LogP contribution in [0.25, 0.3) is 11.2 Å². The molecule has 0 aliphatic heterocycles. The highest BCUT2D eigenvalue weighted by atomic mass is 32.1. The van der Waals surface area contributed by atoms with Crippen LogP contribution < -0.4 is 0 Å². The number of imidazole rings is 1. The molecule has 1 aliphatic carbocycles. The zero-order valence-electron chi connectivity index (χ0n) is 9.02. The molecular formula is C11H14N4S. The van der Waals surface area contributed by atoms with Crippen molar-refractivity contribution in [1.82, 2.24) is 19.5 Å². The van der Waals surface area contributed by atoms with E-state index in [1.165, 1.54) is 32.1 Å². The SMILES string of the molecule is S=c1c2[nH]cnc2ncn1C1CCCCC1. The number of hydrogen-bond acceptors (Lipinski definition) is 3. The van der Waals surface area contributed by atoms with Crippen LogP contribution in [0.15, 0.2) is 12.7 Å². The molecule has 5 heteroatoms. The fourth-order valence-corrected chi connectivity index (χ4v) is 2.81. The van der Waals surface area contributed by atoms with Gasteiger partial charge in [0.15, 0.2) is 5.65 Å². The predicted octanol–water partition coefficient (Wildman–Crippen LogP) is 2.99. The highest BCUT2D eigenvalue weighted by molar-refractivity contribution is 7.71. The Morgan fingerprint density at radius 2 is 2.06 bits per heavy atom. The summed E-state index contributed by atoms with van der Waals surface area (Å²) in [6.45, 7) is 0. The minimum atomic E-state index is 0.529. The summed E-state index contributed by atoms with van der Waals surface area (Å²) in [6.07, 6.45) is 9.88. The van der Waals surface area contributed by atoms with Crippen LogP contribution in [-0.2, 0) is 0 Å². The van der Waals surface area contributed by atoms with Crippen LogP contribution in [0, 0.1) is 4.64 Å². The van der Waals surface area contributed by atoms with E-state index in [2.05, 4.69) is 19.5 Å². The Kier molecular flexibility index (Phi) is 2.47. The van der Waals surface area contributed by atoms with Gasteiger partial charge in [-0.3, -0.25) is 0 Å². The van der Waals surface area contributed by atoms with E-state index in [0.29, 0.717) is 6.04 Å². The van der Waals surface area contributed by atoms with Gasteiger partial charge in [-0.25, -0.2) is 9.97 Å². The van der Waals surface area contributed by atoms with Gasteiger partial charge in [-0.15, -0.1) is 0 Å². The molecule has 16 heavy (non-hydrogen) atoms. The van der Waals surface area contributed by atoms with Gasteiger partial charge in [-0.2, -0.15) is 0 Å². The molecule has 3 rings (SSSR count). The first kappa shape index (κ1) is 9.96. The lowest BCUT2D eigenvalue weighted by atomic mass is 9.95. The van der Waals surface area contributed by atoms with E-state index >= 15 is 0 Å². The van der Waals surface area contributed by atoms with Gasteiger partial charge in [0.25, 0.3) is 0 Å². The Morgan fingerprint density at radius 1 is 1.25 bits per heavy atom. The van der Waals surface area contributed by atoms with Crippen LogP contribution in [0.5, 0.6) is 0 Å². The van der Waals surface area contributed by atoms with Crippen molar-refractivity contribution in [2.24, 2.45) is 0 Å². The number of hydrogen-bond donors (Lipinski definition) is 1. The van der Waals surface area contributed by atoms with Crippen molar-refractivity contribution in [3.8, 4) is 0 Å². The van der Waals surface area contributed by atoms with E-state index in [1.807, 2.05) is 6.33 Å². The van der Waals surface area contributed by atoms with Crippen molar-refractivity contribution < 1.29 is 0 Å². The Balaban J connectivity index is 2.09. The summed E-state index contributed by atoms with van der Waals surface area (Å²) in [7, 11) is 0. The molecule has 2 aromatic heterocycles. The first-order valence-corrected chi connectivity index (χ1v) is 6.17. The highest BCUT2D eigenvalue weighted by Gasteiger charge is 2.16. The van der Waals surface area contributed by atoms with Crippen LogP contribution in [0.3, 0.4) is 0 Å². The number of rotatable bonds is 1. The van der Waals surface area contributed by atoms with Gasteiger partial charge in [0, 0.05) is 6.04 Å². The summed E-state index contributed by atoms with van der Waals surface area (Å²) >= 11 is 5.48. The average Bonchev–Trinajstić information content (AvgIpc) is 2.80. The molecule has 0 atom stereocenters. The predicted molar refractivity (Wildman–Crippen MR) is 64.8 cm³/mol. The van der Waals surface area contributed by atoms with Gasteiger partial charge >= 0.3 is 0 Å². The van der Waals surface area contributed by atoms with Gasteiger partial charge < -0.3 is 9.55 Å². The van der Waals surface area contributed by atoms with Crippen molar-refractivity contribution in [2.75, 3.05) is 0 Å². The lowest BCUT2D eigenvalue weighted by Crippen LogP contribution is -2.14. The second kappa shape index (κ2) is 3.97. The molecular weight excluding hydrogens is 220 g/mol. The summed E-state index contributed by atoms with van der Waals surface area (Å²) in [5, 5.41) is 0. The summed E-state index contributed by atoms with van der Waals surface area (Å²) in [6, 6.07) is 0.529. The lowest BCUT2D eigenvalue weighted by molar-refractivity contribution is 0.348. The summed E-state index contributed by atoms with van der Waals surface area (Å²) in [4.78, 5) is 11.5. The minimum Gasteiger partial charge on any atom is -0.341 e. The van der Waals surface area contributed by atoms with Crippen molar-refractivity contribution in [1.29, 1.82) is 0 Å². The molecule has 2 heterocycles. The van der Waals surface area contributed by atoms with Gasteiger partial charge in [0.05, 0.1) is 12.7 Å². The van der Waals surface area contributed by atoms with Crippen molar-refractivity contribution in [3.63, 3.8) is 0 Å². The Hall–Kier alpha value is -1.23. The molecule has 1 aliphatic rings. The zero-order chi connectivity index (χ0) is 11.0. The number of fused-ring (bicyclic) bond motifs is 1. The molecule has 1 N–H and O–H groups in total. The molecule has 2 aromatic rings. The smallest absolute Gasteiger partial charge is 0.181 e. The molecule has 0 bridgehead atoms. The topological polar surface area (TPSA) is 46.5 Å². The summed E-state index contributed by atoms with van der Waals surface area (Å²) < 4.78 is 2.98. The molecule has 0 saturated heterocycles. The van der Waals surface area contributed by atoms with Gasteiger partial charge in [0.2, 0.25) is 0 Å². The quantitative estimate of drug-likeness (QED) is 0.771. The maximum Gasteiger partial charge on any atom is 0.181 e. The first-order valence-electron chi connectivity index (χ1n) is 5.76. The number of aromatic amines is 1. The van der Waals surface area contributed by atoms with E-state index in [9.17, 15) is 0 Å². The normalized spacial score (nSPS) is 18.0. The highest BCUT2D eigenvalue weighted by Crippen LogP contribution is 2.28. The van der Waals surface area contributed by atoms with Crippen LogP contribution in [-0.4, -0.2) is 19.5 Å². The molecule has 0 spiro atoms. The molecule has 0 unspecified atom stereocenters. The molecule has 4 nitrogen and oxygen atoms in total. The van der Waals surface area contributed by atoms with Crippen LogP contribution in [0.1, 0.15) is 38.1 Å². The Bertz CT molecular complexity index is 550. The number of nitrogens with zero attached hydrogens (tertiary/aromatic N) is 3. The van der Waals surface area contributed by atoms with E-state index in [0.717, 1.165) is 15.8 Å². The van der Waals surface area contributed by atoms with Gasteiger partial charge in [-0.05, 0) is 12.8 Å². The number of nitrogens with one attached hydrogen (secondary N) is 1. The molecule has 1 fully saturated rings. The van der Waals surface area contributed by atoms with Crippen molar-refractivity contribution >= 4 is 23.4 Å². The van der Waals surface area contributed by atoms with Crippen molar-refractivity contribution in [3.05, 3.63) is 17.3 Å². The van der Waals surface area contributed by atoms with Crippen molar-refractivity contribution in [2.45, 2.75) is 38.1 Å². The number of aromatic nitrogens is 4. The zero-order valence-corrected chi connectivity index (χ0v) is 9.83. The van der Waals surface area contributed by atoms with Gasteiger partial charge in [0.1, 0.15) is 10.2 Å². The first-order chi connectivity index (χ1) is 7.86. The lowest BCUT2D eigenvalue weighted by Gasteiger charge is -2.24. The molecule has 0 radical (unpaired) electrons. The second-order valence-electron chi connectivity index (χ2n) is 4.35. The van der Waals surface area contributed by atoms with E-state index < -0.39 is 0 Å². The molecule has 84 valence electrons. The third kappa shape index (κ3) is 1.55. The molecule has 0 aromatic carbocycles. The van der Waals surface area contributed by atoms with E-state index in [-0.39, 0.29) is 0 Å². The average molecular weight is 234 g/mol. The molecule has 1 saturated carbocycles. The largest absolute Gasteiger partial charge is 0.341 e. The maximum atomic E-state index is 5.48. The maximum absolute atomic E-state index is 5.48. The summed E-state index contributed by atoms with van der Waals surface area (Å²) in [5.74, 6) is 0. The Morgan fingerprint density at radius 3 is 2.88 bits per heavy atom. The summed E-state index contributed by atoms with van der Waals surface area (Å²) in [5.41, 5.74) is 1.61. The standard InChI is InChI=1S/C11H14N4S/c16-11-9-10(13-6-12-9)14-7-15(11)8-4-2-1-3-5-8/h6-8H,1-5H2,(H,12,13). The second-order valence-corrected chi connectivity index (χ2v) is 4.74. The van der Waals surface area contributed by atoms with E-state index in [4.69, 9.17) is 12.2 Å². The van der Waals surface area contributed by atoms with Crippen LogP contribution >= 0.6 is 12.2 Å². The monoisotopic (exact) mass is 234 g/mol. The fourth-order valence-electron chi connectivity index (χ4n) is 2.46. The van der Waals surface area contributed by atoms with Gasteiger partial charge in [-0.1, -0.05) is 31.5 Å². The van der Waals surface area contributed by atoms with Crippen LogP contribution in [0.2, 0.25) is 0 Å². The molecule has 0 amide bonds.